The molecular formula is C16H30N2O. The molecule has 19 heavy (non-hydrogen) atoms. The molecule has 2 heterocycles. The van der Waals surface area contributed by atoms with Gasteiger partial charge >= 0.3 is 0 Å². The van der Waals surface area contributed by atoms with Crippen LogP contribution in [0.2, 0.25) is 0 Å². The maximum Gasteiger partial charge on any atom is 0.0507 e. The number of ether oxygens (including phenoxy) is 1. The molecule has 3 nitrogen and oxygen atoms in total. The minimum absolute atomic E-state index is 0.397. The second kappa shape index (κ2) is 5.34. The Hall–Kier alpha value is -0.120. The molecule has 0 amide bonds. The van der Waals surface area contributed by atoms with E-state index in [1.807, 2.05) is 0 Å². The summed E-state index contributed by atoms with van der Waals surface area (Å²) >= 11 is 0. The summed E-state index contributed by atoms with van der Waals surface area (Å²) in [5.74, 6) is 2.42. The molecule has 0 aromatic heterocycles. The van der Waals surface area contributed by atoms with Gasteiger partial charge in [0, 0.05) is 37.8 Å². The first-order chi connectivity index (χ1) is 9.09. The molecule has 0 bridgehead atoms. The van der Waals surface area contributed by atoms with Crippen molar-refractivity contribution in [2.45, 2.75) is 51.6 Å². The molecule has 110 valence electrons. The summed E-state index contributed by atoms with van der Waals surface area (Å²) in [6.45, 7) is 12.8. The van der Waals surface area contributed by atoms with Gasteiger partial charge in [0.2, 0.25) is 0 Å². The van der Waals surface area contributed by atoms with E-state index in [1.165, 1.54) is 38.9 Å². The quantitative estimate of drug-likeness (QED) is 0.843. The Labute approximate surface area is 118 Å². The van der Waals surface area contributed by atoms with E-state index < -0.39 is 0 Å². The second-order valence-corrected chi connectivity index (χ2v) is 7.50. The molecule has 1 N–H and O–H groups in total. The van der Waals surface area contributed by atoms with Crippen LogP contribution in [0, 0.1) is 17.8 Å². The molecule has 0 spiro atoms. The fourth-order valence-corrected chi connectivity index (χ4v) is 3.84. The van der Waals surface area contributed by atoms with Crippen molar-refractivity contribution in [3.8, 4) is 0 Å². The average Bonchev–Trinajstić information content (AvgIpc) is 3.12. The lowest BCUT2D eigenvalue weighted by molar-refractivity contribution is 0.0119. The van der Waals surface area contributed by atoms with Crippen molar-refractivity contribution >= 4 is 0 Å². The molecule has 3 fully saturated rings. The Kier molecular flexibility index (Phi) is 3.89. The average molecular weight is 266 g/mol. The predicted octanol–water partition coefficient (Wildman–Crippen LogP) is 2.12. The number of hydrogen-bond acceptors (Lipinski definition) is 3. The first-order valence-electron chi connectivity index (χ1n) is 8.16. The van der Waals surface area contributed by atoms with Crippen LogP contribution in [0.4, 0.5) is 0 Å². The molecule has 0 aromatic carbocycles. The molecule has 2 aliphatic heterocycles. The summed E-state index contributed by atoms with van der Waals surface area (Å²) in [6, 6.07) is 0.661. The van der Waals surface area contributed by atoms with E-state index in [1.54, 1.807) is 0 Å². The molecule has 1 aliphatic carbocycles. The maximum absolute atomic E-state index is 5.57. The van der Waals surface area contributed by atoms with E-state index in [9.17, 15) is 0 Å². The van der Waals surface area contributed by atoms with Crippen LogP contribution in [0.15, 0.2) is 0 Å². The lowest BCUT2D eigenvalue weighted by Gasteiger charge is -2.50. The standard InChI is InChI=1S/C16H30N2O/c1-12(2)15-9-18(8-13-6-7-19-10-13)16(3,11-17-15)14-4-5-14/h12-15,17H,4-11H2,1-3H3. The highest BCUT2D eigenvalue weighted by atomic mass is 16.5. The van der Waals surface area contributed by atoms with Gasteiger partial charge in [-0.25, -0.2) is 0 Å². The van der Waals surface area contributed by atoms with Crippen molar-refractivity contribution in [2.75, 3.05) is 32.8 Å². The van der Waals surface area contributed by atoms with Crippen LogP contribution in [-0.4, -0.2) is 49.3 Å². The summed E-state index contributed by atoms with van der Waals surface area (Å²) in [5.41, 5.74) is 0.397. The van der Waals surface area contributed by atoms with Gasteiger partial charge in [-0.2, -0.15) is 0 Å². The summed E-state index contributed by atoms with van der Waals surface area (Å²) in [7, 11) is 0. The Morgan fingerprint density at radius 1 is 1.32 bits per heavy atom. The minimum Gasteiger partial charge on any atom is -0.381 e. The van der Waals surface area contributed by atoms with E-state index in [0.29, 0.717) is 11.6 Å². The first kappa shape index (κ1) is 13.8. The highest BCUT2D eigenvalue weighted by molar-refractivity contribution is 5.05. The van der Waals surface area contributed by atoms with Crippen LogP contribution in [0.3, 0.4) is 0 Å². The van der Waals surface area contributed by atoms with Crippen molar-refractivity contribution in [3.63, 3.8) is 0 Å². The van der Waals surface area contributed by atoms with Crippen LogP contribution in [0.5, 0.6) is 0 Å². The smallest absolute Gasteiger partial charge is 0.0507 e. The van der Waals surface area contributed by atoms with Crippen molar-refractivity contribution < 1.29 is 4.74 Å². The topological polar surface area (TPSA) is 24.5 Å². The maximum atomic E-state index is 5.57. The molecule has 0 aromatic rings. The largest absolute Gasteiger partial charge is 0.381 e. The van der Waals surface area contributed by atoms with Crippen LogP contribution < -0.4 is 5.32 Å². The molecule has 0 radical (unpaired) electrons. The number of nitrogens with one attached hydrogen (secondary N) is 1. The fraction of sp³-hybridized carbons (Fsp3) is 1.00. The van der Waals surface area contributed by atoms with Gasteiger partial charge in [0.25, 0.3) is 0 Å². The summed E-state index contributed by atoms with van der Waals surface area (Å²) in [5, 5.41) is 3.81. The molecule has 3 unspecified atom stereocenters. The third-order valence-electron chi connectivity index (χ3n) is 5.63. The SMILES string of the molecule is CC(C)C1CN(CC2CCOC2)C(C)(C2CC2)CN1. The summed E-state index contributed by atoms with van der Waals surface area (Å²) in [4.78, 5) is 2.81. The third kappa shape index (κ3) is 2.84. The van der Waals surface area contributed by atoms with E-state index in [2.05, 4.69) is 31.0 Å². The molecule has 3 rings (SSSR count). The summed E-state index contributed by atoms with van der Waals surface area (Å²) in [6.07, 6.45) is 4.13. The van der Waals surface area contributed by atoms with Gasteiger partial charge in [0.1, 0.15) is 0 Å². The van der Waals surface area contributed by atoms with Gasteiger partial charge in [-0.15, -0.1) is 0 Å². The lowest BCUT2D eigenvalue weighted by Crippen LogP contribution is -2.66. The monoisotopic (exact) mass is 266 g/mol. The van der Waals surface area contributed by atoms with E-state index in [-0.39, 0.29) is 0 Å². The fourth-order valence-electron chi connectivity index (χ4n) is 3.84. The van der Waals surface area contributed by atoms with Crippen LogP contribution in [0.25, 0.3) is 0 Å². The predicted molar refractivity (Wildman–Crippen MR) is 78.3 cm³/mol. The van der Waals surface area contributed by atoms with E-state index >= 15 is 0 Å². The number of hydrogen-bond donors (Lipinski definition) is 1. The van der Waals surface area contributed by atoms with E-state index in [0.717, 1.165) is 31.0 Å². The Bertz CT molecular complexity index is 308. The van der Waals surface area contributed by atoms with Crippen LogP contribution in [-0.2, 0) is 4.74 Å². The highest BCUT2D eigenvalue weighted by Crippen LogP contribution is 2.44. The van der Waals surface area contributed by atoms with Gasteiger partial charge in [-0.05, 0) is 43.9 Å². The molecule has 3 aliphatic rings. The lowest BCUT2D eigenvalue weighted by atomic mass is 9.86. The molecule has 3 atom stereocenters. The molecular weight excluding hydrogens is 236 g/mol. The van der Waals surface area contributed by atoms with Gasteiger partial charge in [0.05, 0.1) is 6.61 Å². The van der Waals surface area contributed by atoms with Crippen molar-refractivity contribution in [3.05, 3.63) is 0 Å². The Morgan fingerprint density at radius 2 is 2.11 bits per heavy atom. The number of rotatable bonds is 4. The third-order valence-corrected chi connectivity index (χ3v) is 5.63. The van der Waals surface area contributed by atoms with Crippen LogP contribution in [0.1, 0.15) is 40.0 Å². The van der Waals surface area contributed by atoms with Crippen molar-refractivity contribution in [2.24, 2.45) is 17.8 Å². The van der Waals surface area contributed by atoms with Gasteiger partial charge < -0.3 is 10.1 Å². The second-order valence-electron chi connectivity index (χ2n) is 7.50. The Balaban J connectivity index is 1.69. The minimum atomic E-state index is 0.397. The summed E-state index contributed by atoms with van der Waals surface area (Å²) < 4.78 is 5.57. The van der Waals surface area contributed by atoms with Crippen molar-refractivity contribution in [1.82, 2.24) is 10.2 Å². The Morgan fingerprint density at radius 3 is 2.68 bits per heavy atom. The zero-order valence-corrected chi connectivity index (χ0v) is 12.8. The van der Waals surface area contributed by atoms with E-state index in [4.69, 9.17) is 4.74 Å². The zero-order chi connectivity index (χ0) is 13.5. The number of piperazine rings is 1. The molecule has 1 saturated carbocycles. The molecule has 2 saturated heterocycles. The van der Waals surface area contributed by atoms with Gasteiger partial charge in [-0.3, -0.25) is 4.90 Å². The normalized spacial score (nSPS) is 41.1. The zero-order valence-electron chi connectivity index (χ0n) is 12.8. The van der Waals surface area contributed by atoms with Crippen LogP contribution >= 0.6 is 0 Å². The first-order valence-corrected chi connectivity index (χ1v) is 8.16. The molecule has 3 heteroatoms. The van der Waals surface area contributed by atoms with Gasteiger partial charge in [-0.1, -0.05) is 13.8 Å². The highest BCUT2D eigenvalue weighted by Gasteiger charge is 2.48. The number of nitrogens with zero attached hydrogens (tertiary/aromatic N) is 1. The van der Waals surface area contributed by atoms with Crippen molar-refractivity contribution in [1.29, 1.82) is 0 Å². The van der Waals surface area contributed by atoms with Gasteiger partial charge in [0.15, 0.2) is 0 Å².